The number of fused-ring (bicyclic) bond motifs is 8. The van der Waals surface area contributed by atoms with E-state index in [9.17, 15) is 0 Å². The van der Waals surface area contributed by atoms with Crippen LogP contribution >= 0.6 is 0 Å². The van der Waals surface area contributed by atoms with Crippen LogP contribution in [0.25, 0.3) is 78.0 Å². The largest absolute Gasteiger partial charge is 0.449 e. The maximum absolute atomic E-state index is 6.98. The van der Waals surface area contributed by atoms with Crippen LogP contribution in [-0.4, -0.2) is 15.0 Å². The third-order valence-corrected chi connectivity index (χ3v) is 13.0. The SMILES string of the molecule is c1ccc(-c2nc(-c3cccc(-c4cccc5c4Oc4cc6c(cc4O5)C(c4ccccc4)(c4ccccc4)c4ccccc4-6)c3)nc(-c3ccc4c(ccc5ccccc54)c3)n2)cc1. The molecule has 0 fully saturated rings. The highest BCUT2D eigenvalue weighted by atomic mass is 16.6. The average molecular weight is 832 g/mol. The second-order valence-corrected chi connectivity index (χ2v) is 16.7. The molecule has 10 aromatic carbocycles. The first-order valence-corrected chi connectivity index (χ1v) is 21.9. The van der Waals surface area contributed by atoms with Crippen LogP contribution in [0.5, 0.6) is 23.0 Å². The molecule has 65 heavy (non-hydrogen) atoms. The molecule has 2 heterocycles. The Kier molecular flexibility index (Phi) is 8.36. The summed E-state index contributed by atoms with van der Waals surface area (Å²) in [5, 5.41) is 4.76. The Morgan fingerprint density at radius 3 is 1.66 bits per heavy atom. The van der Waals surface area contributed by atoms with Gasteiger partial charge in [0, 0.05) is 22.3 Å². The van der Waals surface area contributed by atoms with Gasteiger partial charge < -0.3 is 9.47 Å². The van der Waals surface area contributed by atoms with Crippen LogP contribution < -0.4 is 9.47 Å². The van der Waals surface area contributed by atoms with Gasteiger partial charge >= 0.3 is 0 Å². The normalized spacial score (nSPS) is 13.0. The molecule has 5 nitrogen and oxygen atoms in total. The van der Waals surface area contributed by atoms with Crippen LogP contribution in [0.1, 0.15) is 22.3 Å². The molecule has 0 radical (unpaired) electrons. The van der Waals surface area contributed by atoms with E-state index < -0.39 is 5.41 Å². The smallest absolute Gasteiger partial charge is 0.177 e. The molecule has 0 saturated heterocycles. The second-order valence-electron chi connectivity index (χ2n) is 16.7. The molecule has 5 heteroatoms. The van der Waals surface area contributed by atoms with Gasteiger partial charge in [-0.25, -0.2) is 15.0 Å². The highest BCUT2D eigenvalue weighted by Crippen LogP contribution is 2.60. The second kappa shape index (κ2) is 14.7. The van der Waals surface area contributed by atoms with Gasteiger partial charge in [0.2, 0.25) is 0 Å². The van der Waals surface area contributed by atoms with Gasteiger partial charge in [0.1, 0.15) is 0 Å². The minimum atomic E-state index is -0.548. The fraction of sp³-hybridized carbons (Fsp3) is 0.0167. The Hall–Kier alpha value is -8.67. The molecular formula is C60H37N3O2. The van der Waals surface area contributed by atoms with E-state index in [-0.39, 0.29) is 0 Å². The topological polar surface area (TPSA) is 57.1 Å². The van der Waals surface area contributed by atoms with Gasteiger partial charge in [-0.05, 0) is 90.8 Å². The van der Waals surface area contributed by atoms with Crippen molar-refractivity contribution in [3.63, 3.8) is 0 Å². The van der Waals surface area contributed by atoms with E-state index in [1.54, 1.807) is 0 Å². The lowest BCUT2D eigenvalue weighted by Gasteiger charge is -2.34. The summed E-state index contributed by atoms with van der Waals surface area (Å²) >= 11 is 0. The summed E-state index contributed by atoms with van der Waals surface area (Å²) in [5.74, 6) is 4.46. The number of para-hydroxylation sites is 1. The zero-order valence-corrected chi connectivity index (χ0v) is 35.0. The standard InChI is InChI=1S/C60H37N3O2/c1-4-17-39(18-5-1)57-61-58(63-59(62-57)43-32-33-47-41(35-43)31-30-38-16-10-11-25-46(38)47)42-20-14-19-40(34-42)48-27-15-29-53-56(48)65-54-36-50-49-26-12-13-28-51(49)60(44-21-6-2-7-22-44,45-23-8-3-9-24-45)52(50)37-55(54)64-53/h1-37H. The summed E-state index contributed by atoms with van der Waals surface area (Å²) in [6, 6.07) is 78.5. The van der Waals surface area contributed by atoms with Crippen LogP contribution in [-0.2, 0) is 5.41 Å². The Balaban J connectivity index is 0.910. The Labute approximate surface area is 375 Å². The zero-order valence-electron chi connectivity index (χ0n) is 35.0. The minimum Gasteiger partial charge on any atom is -0.449 e. The minimum absolute atomic E-state index is 0.548. The lowest BCUT2D eigenvalue weighted by atomic mass is 9.67. The summed E-state index contributed by atoms with van der Waals surface area (Å²) in [6.45, 7) is 0. The molecule has 0 saturated carbocycles. The number of benzene rings is 10. The first-order chi connectivity index (χ1) is 32.2. The molecule has 11 aromatic rings. The van der Waals surface area contributed by atoms with Crippen LogP contribution in [0, 0.1) is 0 Å². The molecule has 1 aliphatic heterocycles. The van der Waals surface area contributed by atoms with Gasteiger partial charge in [-0.3, -0.25) is 0 Å². The van der Waals surface area contributed by atoms with E-state index in [1.165, 1.54) is 38.4 Å². The van der Waals surface area contributed by atoms with Crippen molar-refractivity contribution in [2.75, 3.05) is 0 Å². The molecule has 0 amide bonds. The number of hydrogen-bond acceptors (Lipinski definition) is 5. The first-order valence-electron chi connectivity index (χ1n) is 21.9. The van der Waals surface area contributed by atoms with Crippen molar-refractivity contribution in [3.8, 4) is 79.4 Å². The van der Waals surface area contributed by atoms with Crippen LogP contribution in [0.15, 0.2) is 224 Å². The number of hydrogen-bond donors (Lipinski definition) is 0. The number of rotatable bonds is 6. The quantitative estimate of drug-likeness (QED) is 0.156. The fourth-order valence-corrected chi connectivity index (χ4v) is 10.1. The van der Waals surface area contributed by atoms with Crippen molar-refractivity contribution < 1.29 is 9.47 Å². The molecule has 0 atom stereocenters. The lowest BCUT2D eigenvalue weighted by molar-refractivity contribution is 0.360. The van der Waals surface area contributed by atoms with Gasteiger partial charge in [0.05, 0.1) is 5.41 Å². The third kappa shape index (κ3) is 5.90. The number of aromatic nitrogens is 3. The fourth-order valence-electron chi connectivity index (χ4n) is 10.1. The molecule has 0 bridgehead atoms. The molecular weight excluding hydrogens is 795 g/mol. The van der Waals surface area contributed by atoms with E-state index in [1.807, 2.05) is 48.5 Å². The van der Waals surface area contributed by atoms with Gasteiger partial charge in [-0.2, -0.15) is 0 Å². The Bertz CT molecular complexity index is 3620. The Morgan fingerprint density at radius 1 is 0.308 bits per heavy atom. The van der Waals surface area contributed by atoms with Crippen molar-refractivity contribution in [3.05, 3.63) is 247 Å². The van der Waals surface area contributed by atoms with Crippen molar-refractivity contribution in [1.29, 1.82) is 0 Å². The van der Waals surface area contributed by atoms with Crippen molar-refractivity contribution in [2.45, 2.75) is 5.41 Å². The van der Waals surface area contributed by atoms with Crippen LogP contribution in [0.2, 0.25) is 0 Å². The summed E-state index contributed by atoms with van der Waals surface area (Å²) in [7, 11) is 0. The third-order valence-electron chi connectivity index (χ3n) is 13.0. The van der Waals surface area contributed by atoms with E-state index >= 15 is 0 Å². The maximum Gasteiger partial charge on any atom is 0.177 e. The molecule has 0 spiro atoms. The van der Waals surface area contributed by atoms with E-state index in [0.29, 0.717) is 40.5 Å². The van der Waals surface area contributed by atoms with Gasteiger partial charge in [-0.1, -0.05) is 194 Å². The Morgan fingerprint density at radius 2 is 0.877 bits per heavy atom. The number of ether oxygens (including phenoxy) is 2. The van der Waals surface area contributed by atoms with Gasteiger partial charge in [-0.15, -0.1) is 0 Å². The predicted molar refractivity (Wildman–Crippen MR) is 260 cm³/mol. The highest BCUT2D eigenvalue weighted by Gasteiger charge is 2.47. The molecule has 13 rings (SSSR count). The molecule has 304 valence electrons. The number of nitrogens with zero attached hydrogens (tertiary/aromatic N) is 3. The monoisotopic (exact) mass is 831 g/mol. The van der Waals surface area contributed by atoms with Crippen molar-refractivity contribution >= 4 is 21.5 Å². The van der Waals surface area contributed by atoms with Crippen LogP contribution in [0.3, 0.4) is 0 Å². The van der Waals surface area contributed by atoms with Crippen LogP contribution in [0.4, 0.5) is 0 Å². The van der Waals surface area contributed by atoms with Gasteiger partial charge in [0.25, 0.3) is 0 Å². The first kappa shape index (κ1) is 36.9. The molecule has 0 unspecified atom stereocenters. The van der Waals surface area contributed by atoms with Crippen molar-refractivity contribution in [2.24, 2.45) is 0 Å². The van der Waals surface area contributed by atoms with Crippen molar-refractivity contribution in [1.82, 2.24) is 15.0 Å². The van der Waals surface area contributed by atoms with E-state index in [2.05, 4.69) is 176 Å². The predicted octanol–water partition coefficient (Wildman–Crippen LogP) is 15.1. The molecule has 1 aromatic heterocycles. The van der Waals surface area contributed by atoms with Gasteiger partial charge in [0.15, 0.2) is 40.5 Å². The summed E-state index contributed by atoms with van der Waals surface area (Å²) in [6.07, 6.45) is 0. The molecule has 0 N–H and O–H groups in total. The average Bonchev–Trinajstić information content (AvgIpc) is 3.67. The summed E-state index contributed by atoms with van der Waals surface area (Å²) < 4.78 is 13.8. The summed E-state index contributed by atoms with van der Waals surface area (Å²) in [5.41, 5.74) is 11.1. The lowest BCUT2D eigenvalue weighted by Crippen LogP contribution is -2.28. The maximum atomic E-state index is 6.98. The zero-order chi connectivity index (χ0) is 42.9. The van der Waals surface area contributed by atoms with E-state index in [0.717, 1.165) is 44.3 Å². The van der Waals surface area contributed by atoms with E-state index in [4.69, 9.17) is 24.4 Å². The highest BCUT2D eigenvalue weighted by molar-refractivity contribution is 6.08. The molecule has 2 aliphatic rings. The summed E-state index contributed by atoms with van der Waals surface area (Å²) in [4.78, 5) is 15.3. The molecule has 1 aliphatic carbocycles.